The van der Waals surface area contributed by atoms with Crippen LogP contribution < -0.4 is 5.32 Å². The summed E-state index contributed by atoms with van der Waals surface area (Å²) in [7, 11) is 2.31. The number of rotatable bonds is 4. The van der Waals surface area contributed by atoms with Crippen molar-refractivity contribution in [2.24, 2.45) is 0 Å². The van der Waals surface area contributed by atoms with E-state index in [1.165, 1.54) is 51.9 Å². The molecule has 1 N–H and O–H groups in total. The summed E-state index contributed by atoms with van der Waals surface area (Å²) >= 11 is 0. The zero-order valence-electron chi connectivity index (χ0n) is 13.4. The molecule has 2 aliphatic rings. The van der Waals surface area contributed by atoms with Crippen molar-refractivity contribution in [2.45, 2.75) is 31.7 Å². The van der Waals surface area contributed by atoms with Crippen LogP contribution in [0.25, 0.3) is 0 Å². The Labute approximate surface area is 129 Å². The minimum atomic E-state index is 0.617. The highest BCUT2D eigenvalue weighted by atomic mass is 15.2. The number of benzene rings is 1. The largest absolute Gasteiger partial charge is 0.314 e. The van der Waals surface area contributed by atoms with E-state index in [1.54, 1.807) is 11.1 Å². The Balaban J connectivity index is 1.62. The van der Waals surface area contributed by atoms with Crippen molar-refractivity contribution in [3.63, 3.8) is 0 Å². The zero-order chi connectivity index (χ0) is 14.5. The number of fused-ring (bicyclic) bond motifs is 1. The lowest BCUT2D eigenvalue weighted by Crippen LogP contribution is -2.46. The molecule has 1 atom stereocenters. The van der Waals surface area contributed by atoms with E-state index in [0.29, 0.717) is 6.04 Å². The van der Waals surface area contributed by atoms with Gasteiger partial charge in [-0.2, -0.15) is 0 Å². The average Bonchev–Trinajstić information content (AvgIpc) is 2.76. The first-order valence-corrected chi connectivity index (χ1v) is 8.56. The molecule has 3 nitrogen and oxygen atoms in total. The van der Waals surface area contributed by atoms with Crippen LogP contribution in [-0.4, -0.2) is 56.1 Å². The molecule has 0 radical (unpaired) electrons. The predicted molar refractivity (Wildman–Crippen MR) is 88.7 cm³/mol. The molecule has 116 valence electrons. The minimum Gasteiger partial charge on any atom is -0.314 e. The van der Waals surface area contributed by atoms with Crippen molar-refractivity contribution in [3.05, 3.63) is 35.4 Å². The summed E-state index contributed by atoms with van der Waals surface area (Å²) in [5.74, 6) is 0. The molecule has 1 aromatic carbocycles. The molecule has 1 heterocycles. The summed E-state index contributed by atoms with van der Waals surface area (Å²) in [6.07, 6.45) is 5.28. The third kappa shape index (κ3) is 3.85. The molecule has 21 heavy (non-hydrogen) atoms. The van der Waals surface area contributed by atoms with Gasteiger partial charge in [-0.15, -0.1) is 0 Å². The lowest BCUT2D eigenvalue weighted by atomic mass is 9.98. The van der Waals surface area contributed by atoms with Gasteiger partial charge < -0.3 is 5.32 Å². The summed E-state index contributed by atoms with van der Waals surface area (Å²) in [4.78, 5) is 5.18. The van der Waals surface area contributed by atoms with Gasteiger partial charge in [0.2, 0.25) is 0 Å². The Hall–Kier alpha value is -0.900. The molecule has 0 amide bonds. The van der Waals surface area contributed by atoms with Gasteiger partial charge in [0.25, 0.3) is 0 Å². The van der Waals surface area contributed by atoms with Gasteiger partial charge in [0.1, 0.15) is 0 Å². The molecular formula is C18H29N3. The highest BCUT2D eigenvalue weighted by Crippen LogP contribution is 2.32. The van der Waals surface area contributed by atoms with Gasteiger partial charge >= 0.3 is 0 Å². The van der Waals surface area contributed by atoms with E-state index in [4.69, 9.17) is 0 Å². The standard InChI is InChI=1S/C18H29N3/c1-20(14-15-21-12-10-19-11-13-21)18-9-5-3-7-16-6-2-4-8-17(16)18/h2,4,6,8,18-19H,3,5,7,9-15H2,1H3. The SMILES string of the molecule is CN(CCN1CCNCC1)C1CCCCc2ccccc21. The first-order valence-electron chi connectivity index (χ1n) is 8.56. The van der Waals surface area contributed by atoms with Crippen molar-refractivity contribution >= 4 is 0 Å². The fourth-order valence-corrected chi connectivity index (χ4v) is 3.74. The van der Waals surface area contributed by atoms with Crippen LogP contribution in [0, 0.1) is 0 Å². The Morgan fingerprint density at radius 1 is 1.19 bits per heavy atom. The second-order valence-corrected chi connectivity index (χ2v) is 6.53. The molecule has 3 rings (SSSR count). The molecule has 0 saturated carbocycles. The molecular weight excluding hydrogens is 258 g/mol. The second-order valence-electron chi connectivity index (χ2n) is 6.53. The van der Waals surface area contributed by atoms with E-state index >= 15 is 0 Å². The van der Waals surface area contributed by atoms with Crippen molar-refractivity contribution in [2.75, 3.05) is 46.3 Å². The summed E-state index contributed by atoms with van der Waals surface area (Å²) in [5.41, 5.74) is 3.16. The maximum absolute atomic E-state index is 3.43. The van der Waals surface area contributed by atoms with Crippen LogP contribution in [0.15, 0.2) is 24.3 Å². The van der Waals surface area contributed by atoms with Crippen LogP contribution in [0.5, 0.6) is 0 Å². The van der Waals surface area contributed by atoms with Crippen LogP contribution in [0.3, 0.4) is 0 Å². The first-order chi connectivity index (χ1) is 10.3. The molecule has 1 aliphatic heterocycles. The Morgan fingerprint density at radius 3 is 2.86 bits per heavy atom. The fraction of sp³-hybridized carbons (Fsp3) is 0.667. The third-order valence-electron chi connectivity index (χ3n) is 5.10. The van der Waals surface area contributed by atoms with Gasteiger partial charge in [-0.25, -0.2) is 0 Å². The van der Waals surface area contributed by atoms with Crippen LogP contribution in [0.1, 0.15) is 36.4 Å². The number of nitrogens with zero attached hydrogens (tertiary/aromatic N) is 2. The second kappa shape index (κ2) is 7.39. The minimum absolute atomic E-state index is 0.617. The third-order valence-corrected chi connectivity index (χ3v) is 5.10. The molecule has 0 spiro atoms. The average molecular weight is 287 g/mol. The van der Waals surface area contributed by atoms with Gasteiger partial charge in [-0.1, -0.05) is 30.7 Å². The Morgan fingerprint density at radius 2 is 2.00 bits per heavy atom. The topological polar surface area (TPSA) is 18.5 Å². The number of likely N-dealkylation sites (N-methyl/N-ethyl adjacent to an activating group) is 1. The van der Waals surface area contributed by atoms with Crippen LogP contribution in [0.4, 0.5) is 0 Å². The normalized spacial score (nSPS) is 23.8. The van der Waals surface area contributed by atoms with Crippen molar-refractivity contribution < 1.29 is 0 Å². The van der Waals surface area contributed by atoms with Crippen molar-refractivity contribution in [1.29, 1.82) is 0 Å². The highest BCUT2D eigenvalue weighted by Gasteiger charge is 2.22. The van der Waals surface area contributed by atoms with E-state index in [9.17, 15) is 0 Å². The molecule has 0 aromatic heterocycles. The van der Waals surface area contributed by atoms with Crippen molar-refractivity contribution in [1.82, 2.24) is 15.1 Å². The maximum atomic E-state index is 3.43. The summed E-state index contributed by atoms with van der Waals surface area (Å²) in [6.45, 7) is 7.09. The maximum Gasteiger partial charge on any atom is 0.0348 e. The van der Waals surface area contributed by atoms with Crippen LogP contribution in [-0.2, 0) is 6.42 Å². The van der Waals surface area contributed by atoms with E-state index in [-0.39, 0.29) is 0 Å². The first kappa shape index (κ1) is 15.0. The number of piperazine rings is 1. The summed E-state index contributed by atoms with van der Waals surface area (Å²) < 4.78 is 0. The van der Waals surface area contributed by atoms with Gasteiger partial charge in [0.05, 0.1) is 0 Å². The number of hydrogen-bond acceptors (Lipinski definition) is 3. The molecule has 1 saturated heterocycles. The zero-order valence-corrected chi connectivity index (χ0v) is 13.4. The molecule has 0 bridgehead atoms. The quantitative estimate of drug-likeness (QED) is 0.857. The van der Waals surface area contributed by atoms with Gasteiger partial charge in [0.15, 0.2) is 0 Å². The highest BCUT2D eigenvalue weighted by molar-refractivity contribution is 5.31. The summed E-state index contributed by atoms with van der Waals surface area (Å²) in [6, 6.07) is 9.71. The lowest BCUT2D eigenvalue weighted by molar-refractivity contribution is 0.171. The van der Waals surface area contributed by atoms with E-state index in [0.717, 1.165) is 13.1 Å². The molecule has 1 aliphatic carbocycles. The monoisotopic (exact) mass is 287 g/mol. The fourth-order valence-electron chi connectivity index (χ4n) is 3.74. The van der Waals surface area contributed by atoms with Gasteiger partial charge in [0, 0.05) is 45.3 Å². The number of hydrogen-bond donors (Lipinski definition) is 1. The van der Waals surface area contributed by atoms with Gasteiger partial charge in [-0.05, 0) is 37.4 Å². The van der Waals surface area contributed by atoms with Crippen LogP contribution in [0.2, 0.25) is 0 Å². The number of aryl methyl sites for hydroxylation is 1. The molecule has 1 fully saturated rings. The number of nitrogens with one attached hydrogen (secondary N) is 1. The van der Waals surface area contributed by atoms with E-state index < -0.39 is 0 Å². The van der Waals surface area contributed by atoms with E-state index in [2.05, 4.69) is 46.4 Å². The van der Waals surface area contributed by atoms with Crippen molar-refractivity contribution in [3.8, 4) is 0 Å². The summed E-state index contributed by atoms with van der Waals surface area (Å²) in [5, 5.41) is 3.43. The predicted octanol–water partition coefficient (Wildman–Crippen LogP) is 2.29. The molecule has 1 aromatic rings. The molecule has 1 unspecified atom stereocenters. The Kier molecular flexibility index (Phi) is 5.28. The van der Waals surface area contributed by atoms with Crippen LogP contribution >= 0.6 is 0 Å². The lowest BCUT2D eigenvalue weighted by Gasteiger charge is -2.33. The van der Waals surface area contributed by atoms with Gasteiger partial charge in [-0.3, -0.25) is 9.80 Å². The van der Waals surface area contributed by atoms with E-state index in [1.807, 2.05) is 0 Å². The molecule has 3 heteroatoms. The Bertz CT molecular complexity index is 440. The smallest absolute Gasteiger partial charge is 0.0348 e.